The van der Waals surface area contributed by atoms with Gasteiger partial charge in [-0.15, -0.1) is 0 Å². The summed E-state index contributed by atoms with van der Waals surface area (Å²) in [6.07, 6.45) is 6.95. The molecule has 0 unspecified atom stereocenters. The number of anilines is 1. The minimum Gasteiger partial charge on any atom is -0.483 e. The second-order valence-corrected chi connectivity index (χ2v) is 11.3. The zero-order valence-corrected chi connectivity index (χ0v) is 25.9. The van der Waals surface area contributed by atoms with E-state index in [0.717, 1.165) is 25.2 Å². The fourth-order valence-electron chi connectivity index (χ4n) is 5.18. The van der Waals surface area contributed by atoms with Crippen molar-refractivity contribution in [3.05, 3.63) is 65.9 Å². The molecule has 0 radical (unpaired) electrons. The Morgan fingerprint density at radius 2 is 1.88 bits per heavy atom. The van der Waals surface area contributed by atoms with Crippen LogP contribution < -0.4 is 16.0 Å². The van der Waals surface area contributed by atoms with Crippen molar-refractivity contribution in [1.29, 1.82) is 0 Å². The van der Waals surface area contributed by atoms with E-state index in [-0.39, 0.29) is 48.4 Å². The van der Waals surface area contributed by atoms with Crippen LogP contribution in [0.15, 0.2) is 43.0 Å². The van der Waals surface area contributed by atoms with E-state index >= 15 is 0 Å². The first-order valence-corrected chi connectivity index (χ1v) is 14.9. The molecule has 0 spiro atoms. The molecule has 0 aromatic carbocycles. The number of aromatic nitrogens is 5. The molecule has 4 aromatic heterocycles. The van der Waals surface area contributed by atoms with Crippen LogP contribution in [0, 0.1) is 17.6 Å². The molecule has 3 atom stereocenters. The average molecular weight is 669 g/mol. The van der Waals surface area contributed by atoms with E-state index < -0.39 is 35.6 Å². The summed E-state index contributed by atoms with van der Waals surface area (Å²) in [6, 6.07) is 2.85. The number of carbonyl (C=O) groups is 4. The van der Waals surface area contributed by atoms with Crippen molar-refractivity contribution >= 4 is 41.3 Å². The van der Waals surface area contributed by atoms with E-state index in [0.29, 0.717) is 35.0 Å². The number of nitrogens with one attached hydrogen (secondary N) is 4. The number of pyridine rings is 2. The molecule has 6 N–H and O–H groups in total. The van der Waals surface area contributed by atoms with Gasteiger partial charge in [0.1, 0.15) is 29.8 Å². The number of nitrogens with zero attached hydrogens (tertiary/aromatic N) is 4. The topological polar surface area (TPSA) is 221 Å². The van der Waals surface area contributed by atoms with Gasteiger partial charge in [-0.05, 0) is 55.4 Å². The number of rotatable bonds is 10. The van der Waals surface area contributed by atoms with Gasteiger partial charge in [0, 0.05) is 35.4 Å². The number of aliphatic carboxylic acids is 1. The van der Waals surface area contributed by atoms with Crippen LogP contribution in [0.3, 0.4) is 0 Å². The molecule has 1 fully saturated rings. The van der Waals surface area contributed by atoms with Crippen LogP contribution in [0.2, 0.25) is 0 Å². The molecular formula is C31H34F2N8O7. The molecule has 5 rings (SSSR count). The van der Waals surface area contributed by atoms with Gasteiger partial charge in [0.05, 0.1) is 12.4 Å². The third-order valence-electron chi connectivity index (χ3n) is 7.47. The number of aromatic amines is 1. The number of carboxylic acids is 1. The van der Waals surface area contributed by atoms with Gasteiger partial charge in [-0.2, -0.15) is 0 Å². The van der Waals surface area contributed by atoms with E-state index in [1.54, 1.807) is 26.1 Å². The van der Waals surface area contributed by atoms with Crippen molar-refractivity contribution in [1.82, 2.24) is 35.6 Å². The van der Waals surface area contributed by atoms with Crippen molar-refractivity contribution in [2.24, 2.45) is 5.92 Å². The molecule has 1 saturated carbocycles. The highest BCUT2D eigenvalue weighted by Crippen LogP contribution is 2.28. The van der Waals surface area contributed by atoms with E-state index in [2.05, 4.69) is 40.9 Å². The van der Waals surface area contributed by atoms with Crippen LogP contribution in [0.5, 0.6) is 0 Å². The summed E-state index contributed by atoms with van der Waals surface area (Å²) in [5, 5.41) is 25.0. The predicted molar refractivity (Wildman–Crippen MR) is 167 cm³/mol. The van der Waals surface area contributed by atoms with Gasteiger partial charge in [0.2, 0.25) is 0 Å². The van der Waals surface area contributed by atoms with Crippen molar-refractivity contribution in [3.63, 3.8) is 0 Å². The number of carbonyl (C=O) groups excluding carboxylic acids is 2. The number of halogens is 2. The van der Waals surface area contributed by atoms with Crippen molar-refractivity contribution < 1.29 is 42.9 Å². The number of H-pyrrole nitrogens is 1. The van der Waals surface area contributed by atoms with Gasteiger partial charge < -0.3 is 35.9 Å². The molecule has 4 heterocycles. The number of carboxylic acid groups (broad SMARTS) is 2. The molecule has 1 aliphatic carbocycles. The minimum atomic E-state index is -1.17. The van der Waals surface area contributed by atoms with Crippen molar-refractivity contribution in [2.45, 2.75) is 64.3 Å². The number of ether oxygens (including phenoxy) is 1. The smallest absolute Gasteiger partial charge is 0.408 e. The Labute approximate surface area is 272 Å². The van der Waals surface area contributed by atoms with Crippen molar-refractivity contribution in [3.8, 4) is 11.4 Å². The highest BCUT2D eigenvalue weighted by Gasteiger charge is 2.26. The summed E-state index contributed by atoms with van der Waals surface area (Å²) in [5.74, 6) is -2.90. The van der Waals surface area contributed by atoms with Crippen LogP contribution in [0.4, 0.5) is 19.4 Å². The van der Waals surface area contributed by atoms with E-state index in [4.69, 9.17) is 14.6 Å². The lowest BCUT2D eigenvalue weighted by Crippen LogP contribution is -2.44. The molecule has 0 bridgehead atoms. The standard InChI is InChI=1S/C30H32F2N8O5.CH2O2/c1-15(2)24(29(42)43)39-30(44)45-14-16-6-7-33-23(8-16)28(41)38-19-5-3-4-18(10-19)37-27-22(32)13-36-26(40-27)21-12-35-25-20(21)9-17(31)11-34-25;2-1-3/h6-9,11-13,15,18-19,24H,3-5,10,14H2,1-2H3,(H,34,35)(H,38,41)(H,39,44)(H,42,43)(H,36,37,40);1H,(H,2,3)/t18-,19+,24-;/m0./s1. The average Bonchev–Trinajstić information content (AvgIpc) is 3.47. The Bertz CT molecular complexity index is 1770. The Morgan fingerprint density at radius 1 is 1.12 bits per heavy atom. The van der Waals surface area contributed by atoms with Gasteiger partial charge in [-0.1, -0.05) is 13.8 Å². The largest absolute Gasteiger partial charge is 0.483 e. The molecule has 15 nitrogen and oxygen atoms in total. The number of alkyl carbamates (subject to hydrolysis) is 1. The van der Waals surface area contributed by atoms with Crippen LogP contribution in [-0.4, -0.2) is 77.7 Å². The quantitative estimate of drug-likeness (QED) is 0.133. The summed E-state index contributed by atoms with van der Waals surface area (Å²) in [5.41, 5.74) is 1.55. The molecule has 4 aromatic rings. The van der Waals surface area contributed by atoms with E-state index in [1.165, 1.54) is 18.3 Å². The Morgan fingerprint density at radius 3 is 2.60 bits per heavy atom. The number of hydrogen-bond donors (Lipinski definition) is 6. The Hall–Kier alpha value is -5.74. The summed E-state index contributed by atoms with van der Waals surface area (Å²) in [7, 11) is 0. The maximum atomic E-state index is 14.7. The fourth-order valence-corrected chi connectivity index (χ4v) is 5.18. The Balaban J connectivity index is 0.00000167. The van der Waals surface area contributed by atoms with Gasteiger partial charge in [0.25, 0.3) is 12.4 Å². The molecular weight excluding hydrogens is 634 g/mol. The fraction of sp³-hybridized carbons (Fsp3) is 0.355. The maximum absolute atomic E-state index is 14.7. The van der Waals surface area contributed by atoms with E-state index in [9.17, 15) is 28.3 Å². The number of fused-ring (bicyclic) bond motifs is 1. The molecule has 0 saturated heterocycles. The lowest BCUT2D eigenvalue weighted by atomic mass is 9.91. The summed E-state index contributed by atoms with van der Waals surface area (Å²) < 4.78 is 33.7. The predicted octanol–water partition coefficient (Wildman–Crippen LogP) is 3.88. The first kappa shape index (κ1) is 35.1. The SMILES string of the molecule is CC(C)[C@H](NC(=O)OCc1ccnc(C(=O)N[C@@H]2CCC[C@H](Nc3nc(-c4c[nH]c5ncc(F)cc45)ncc3F)C2)c1)C(=O)O.O=CO. The van der Waals surface area contributed by atoms with Gasteiger partial charge in [-0.3, -0.25) is 14.6 Å². The summed E-state index contributed by atoms with van der Waals surface area (Å²) in [6.45, 7) is 2.89. The van der Waals surface area contributed by atoms with Crippen LogP contribution in [-0.2, 0) is 20.9 Å². The number of hydrogen-bond acceptors (Lipinski definition) is 10. The third-order valence-corrected chi connectivity index (χ3v) is 7.47. The van der Waals surface area contributed by atoms with E-state index in [1.807, 2.05) is 0 Å². The molecule has 17 heteroatoms. The second-order valence-electron chi connectivity index (χ2n) is 11.3. The third kappa shape index (κ3) is 9.17. The van der Waals surface area contributed by atoms with Gasteiger partial charge in [-0.25, -0.2) is 33.3 Å². The molecule has 254 valence electrons. The monoisotopic (exact) mass is 668 g/mol. The summed E-state index contributed by atoms with van der Waals surface area (Å²) >= 11 is 0. The zero-order valence-electron chi connectivity index (χ0n) is 25.9. The number of amides is 2. The highest BCUT2D eigenvalue weighted by molar-refractivity contribution is 5.93. The van der Waals surface area contributed by atoms with Gasteiger partial charge in [0.15, 0.2) is 17.5 Å². The lowest BCUT2D eigenvalue weighted by Gasteiger charge is -2.30. The normalized spacial score (nSPS) is 16.3. The first-order chi connectivity index (χ1) is 23.0. The highest BCUT2D eigenvalue weighted by atomic mass is 19.1. The van der Waals surface area contributed by atoms with Crippen LogP contribution in [0.1, 0.15) is 55.6 Å². The molecule has 2 amide bonds. The van der Waals surface area contributed by atoms with Crippen LogP contribution >= 0.6 is 0 Å². The second kappa shape index (κ2) is 16.2. The molecule has 0 aliphatic heterocycles. The molecule has 48 heavy (non-hydrogen) atoms. The maximum Gasteiger partial charge on any atom is 0.408 e. The lowest BCUT2D eigenvalue weighted by molar-refractivity contribution is -0.140. The zero-order chi connectivity index (χ0) is 34.8. The molecule has 1 aliphatic rings. The summed E-state index contributed by atoms with van der Waals surface area (Å²) in [4.78, 5) is 64.3. The van der Waals surface area contributed by atoms with Crippen LogP contribution in [0.25, 0.3) is 22.4 Å². The minimum absolute atomic E-state index is 0.00263. The van der Waals surface area contributed by atoms with Crippen molar-refractivity contribution in [2.75, 3.05) is 5.32 Å². The Kier molecular flexibility index (Phi) is 11.8. The first-order valence-electron chi connectivity index (χ1n) is 14.9. The van der Waals surface area contributed by atoms with Gasteiger partial charge >= 0.3 is 12.1 Å².